The largest absolute Gasteiger partial charge is 0.372 e. The van der Waals surface area contributed by atoms with E-state index in [4.69, 9.17) is 0 Å². The second kappa shape index (κ2) is 3.29. The van der Waals surface area contributed by atoms with E-state index in [-0.39, 0.29) is 4.90 Å². The van der Waals surface area contributed by atoms with Gasteiger partial charge in [-0.05, 0) is 6.92 Å². The maximum Gasteiger partial charge on any atom is 0.180 e. The molecule has 0 amide bonds. The Morgan fingerprint density at radius 1 is 1.46 bits per heavy atom. The minimum absolute atomic E-state index is 0.126. The fourth-order valence-electron chi connectivity index (χ4n) is 0.909. The number of anilines is 1. The van der Waals surface area contributed by atoms with Gasteiger partial charge in [0.15, 0.2) is 9.84 Å². The summed E-state index contributed by atoms with van der Waals surface area (Å²) in [6.07, 6.45) is 2.44. The Kier molecular flexibility index (Phi) is 2.51. The summed E-state index contributed by atoms with van der Waals surface area (Å²) in [6.45, 7) is 1.70. The average molecular weight is 201 g/mol. The molecule has 1 rings (SSSR count). The number of rotatable bonds is 2. The van der Waals surface area contributed by atoms with E-state index in [1.54, 1.807) is 14.0 Å². The second-order valence-corrected chi connectivity index (χ2v) is 4.64. The van der Waals surface area contributed by atoms with Gasteiger partial charge >= 0.3 is 0 Å². The summed E-state index contributed by atoms with van der Waals surface area (Å²) >= 11 is 0. The minimum Gasteiger partial charge on any atom is -0.372 e. The molecule has 5 nitrogen and oxygen atoms in total. The molecule has 0 saturated carbocycles. The van der Waals surface area contributed by atoms with E-state index >= 15 is 0 Å². The highest BCUT2D eigenvalue weighted by atomic mass is 32.2. The van der Waals surface area contributed by atoms with Gasteiger partial charge in [-0.15, -0.1) is 0 Å². The first-order chi connectivity index (χ1) is 5.95. The summed E-state index contributed by atoms with van der Waals surface area (Å²) in [7, 11) is -1.63. The third-order valence-electron chi connectivity index (χ3n) is 1.51. The lowest BCUT2D eigenvalue weighted by atomic mass is 10.5. The predicted molar refractivity (Wildman–Crippen MR) is 49.4 cm³/mol. The van der Waals surface area contributed by atoms with E-state index in [1.807, 2.05) is 0 Å². The van der Waals surface area contributed by atoms with Crippen LogP contribution < -0.4 is 5.32 Å². The molecule has 6 heteroatoms. The zero-order chi connectivity index (χ0) is 10.1. The molecular weight excluding hydrogens is 190 g/mol. The summed E-state index contributed by atoms with van der Waals surface area (Å²) in [6, 6.07) is 0. The molecule has 0 bridgehead atoms. The van der Waals surface area contributed by atoms with E-state index in [2.05, 4.69) is 15.3 Å². The molecule has 0 radical (unpaired) electrons. The topological polar surface area (TPSA) is 72.0 Å². The van der Waals surface area contributed by atoms with Gasteiger partial charge in [0.25, 0.3) is 0 Å². The van der Waals surface area contributed by atoms with Gasteiger partial charge in [-0.3, -0.25) is 0 Å². The zero-order valence-corrected chi connectivity index (χ0v) is 8.51. The Hall–Kier alpha value is -1.17. The van der Waals surface area contributed by atoms with Gasteiger partial charge in [0, 0.05) is 13.3 Å². The van der Waals surface area contributed by atoms with Crippen LogP contribution in [0.15, 0.2) is 11.1 Å². The molecule has 0 aliphatic heterocycles. The highest BCUT2D eigenvalue weighted by molar-refractivity contribution is 7.90. The van der Waals surface area contributed by atoms with E-state index in [9.17, 15) is 8.42 Å². The molecule has 0 fully saturated rings. The molecule has 0 aromatic carbocycles. The number of aromatic nitrogens is 2. The average Bonchev–Trinajstić information content (AvgIpc) is 2.01. The molecule has 1 aromatic rings. The van der Waals surface area contributed by atoms with Crippen LogP contribution in [0.5, 0.6) is 0 Å². The van der Waals surface area contributed by atoms with Crippen molar-refractivity contribution in [1.29, 1.82) is 0 Å². The third-order valence-corrected chi connectivity index (χ3v) is 2.61. The van der Waals surface area contributed by atoms with Crippen LogP contribution in [0.3, 0.4) is 0 Å². The lowest BCUT2D eigenvalue weighted by Crippen LogP contribution is -2.06. The SMILES string of the molecule is CNc1nc(C)ncc1S(C)(=O)=O. The van der Waals surface area contributed by atoms with Crippen LogP contribution in [0.1, 0.15) is 5.82 Å². The number of sulfone groups is 1. The lowest BCUT2D eigenvalue weighted by Gasteiger charge is -2.05. The molecule has 0 atom stereocenters. The fraction of sp³-hybridized carbons (Fsp3) is 0.429. The van der Waals surface area contributed by atoms with Gasteiger partial charge in [0.05, 0.1) is 6.20 Å². The second-order valence-electron chi connectivity index (χ2n) is 2.65. The van der Waals surface area contributed by atoms with Crippen molar-refractivity contribution < 1.29 is 8.42 Å². The molecule has 0 saturated heterocycles. The van der Waals surface area contributed by atoms with Crippen LogP contribution in [0.25, 0.3) is 0 Å². The van der Waals surface area contributed by atoms with Crippen molar-refractivity contribution in [3.63, 3.8) is 0 Å². The van der Waals surface area contributed by atoms with E-state index in [1.165, 1.54) is 6.20 Å². The maximum atomic E-state index is 11.2. The van der Waals surface area contributed by atoms with Crippen molar-refractivity contribution in [3.05, 3.63) is 12.0 Å². The number of nitrogens with one attached hydrogen (secondary N) is 1. The quantitative estimate of drug-likeness (QED) is 0.741. The molecule has 72 valence electrons. The van der Waals surface area contributed by atoms with Crippen LogP contribution >= 0.6 is 0 Å². The smallest absolute Gasteiger partial charge is 0.180 e. The van der Waals surface area contributed by atoms with Gasteiger partial charge in [-0.2, -0.15) is 0 Å². The maximum absolute atomic E-state index is 11.2. The van der Waals surface area contributed by atoms with Crippen molar-refractivity contribution in [1.82, 2.24) is 9.97 Å². The Balaban J connectivity index is 3.39. The molecule has 0 unspecified atom stereocenters. The first-order valence-electron chi connectivity index (χ1n) is 3.66. The summed E-state index contributed by atoms with van der Waals surface area (Å²) in [5.41, 5.74) is 0. The molecule has 1 heterocycles. The van der Waals surface area contributed by atoms with Crippen LogP contribution in [0.2, 0.25) is 0 Å². The summed E-state index contributed by atoms with van der Waals surface area (Å²) in [5, 5.41) is 2.71. The Labute approximate surface area is 77.1 Å². The van der Waals surface area contributed by atoms with E-state index < -0.39 is 9.84 Å². The summed E-state index contributed by atoms with van der Waals surface area (Å²) in [4.78, 5) is 7.91. The van der Waals surface area contributed by atoms with Crippen molar-refractivity contribution in [2.24, 2.45) is 0 Å². The molecule has 1 aromatic heterocycles. The van der Waals surface area contributed by atoms with Crippen molar-refractivity contribution in [2.45, 2.75) is 11.8 Å². The van der Waals surface area contributed by atoms with Crippen LogP contribution in [0.4, 0.5) is 5.82 Å². The van der Waals surface area contributed by atoms with Crippen molar-refractivity contribution in [3.8, 4) is 0 Å². The van der Waals surface area contributed by atoms with Gasteiger partial charge in [0.2, 0.25) is 0 Å². The summed E-state index contributed by atoms with van der Waals surface area (Å²) < 4.78 is 22.4. The van der Waals surface area contributed by atoms with Gasteiger partial charge in [-0.25, -0.2) is 18.4 Å². The standard InChI is InChI=1S/C7H11N3O2S/c1-5-9-4-6(13(3,11)12)7(8-2)10-5/h4H,1-3H3,(H,8,9,10). The lowest BCUT2D eigenvalue weighted by molar-refractivity contribution is 0.601. The molecular formula is C7H11N3O2S. The molecule has 1 N–H and O–H groups in total. The first kappa shape index (κ1) is 9.91. The zero-order valence-electron chi connectivity index (χ0n) is 7.70. The highest BCUT2D eigenvalue weighted by Gasteiger charge is 2.14. The minimum atomic E-state index is -3.25. The molecule has 0 aliphatic carbocycles. The monoisotopic (exact) mass is 201 g/mol. The normalized spacial score (nSPS) is 11.3. The van der Waals surface area contributed by atoms with Crippen molar-refractivity contribution >= 4 is 15.7 Å². The Morgan fingerprint density at radius 2 is 2.08 bits per heavy atom. The van der Waals surface area contributed by atoms with Gasteiger partial charge in [0.1, 0.15) is 16.5 Å². The molecule has 13 heavy (non-hydrogen) atoms. The molecule has 0 spiro atoms. The van der Waals surface area contributed by atoms with Gasteiger partial charge < -0.3 is 5.32 Å². The highest BCUT2D eigenvalue weighted by Crippen LogP contribution is 2.16. The number of hydrogen-bond donors (Lipinski definition) is 1. The Bertz CT molecular complexity index is 414. The number of hydrogen-bond acceptors (Lipinski definition) is 5. The van der Waals surface area contributed by atoms with E-state index in [0.29, 0.717) is 11.6 Å². The number of aryl methyl sites for hydroxylation is 1. The Morgan fingerprint density at radius 3 is 2.54 bits per heavy atom. The fourth-order valence-corrected chi connectivity index (χ4v) is 1.65. The summed E-state index contributed by atoms with van der Waals surface area (Å²) in [5.74, 6) is 0.881. The van der Waals surface area contributed by atoms with E-state index in [0.717, 1.165) is 6.26 Å². The van der Waals surface area contributed by atoms with Crippen LogP contribution in [-0.2, 0) is 9.84 Å². The number of nitrogens with zero attached hydrogens (tertiary/aromatic N) is 2. The third kappa shape index (κ3) is 2.15. The van der Waals surface area contributed by atoms with Gasteiger partial charge in [-0.1, -0.05) is 0 Å². The van der Waals surface area contributed by atoms with Crippen LogP contribution in [-0.4, -0.2) is 31.7 Å². The predicted octanol–water partition coefficient (Wildman–Crippen LogP) is 0.230. The van der Waals surface area contributed by atoms with Crippen LogP contribution in [0, 0.1) is 6.92 Å². The van der Waals surface area contributed by atoms with Crippen molar-refractivity contribution in [2.75, 3.05) is 18.6 Å². The molecule has 0 aliphatic rings. The first-order valence-corrected chi connectivity index (χ1v) is 5.55.